The van der Waals surface area contributed by atoms with Crippen LogP contribution in [0, 0.1) is 15.4 Å². The van der Waals surface area contributed by atoms with E-state index in [0.29, 0.717) is 3.57 Å². The van der Waals surface area contributed by atoms with Crippen LogP contribution in [0.5, 0.6) is 5.75 Å². The van der Waals surface area contributed by atoms with Gasteiger partial charge in [-0.2, -0.15) is 0 Å². The van der Waals surface area contributed by atoms with Crippen LogP contribution in [0.1, 0.15) is 46.3 Å². The van der Waals surface area contributed by atoms with Gasteiger partial charge in [0.1, 0.15) is 18.5 Å². The van der Waals surface area contributed by atoms with Gasteiger partial charge >= 0.3 is 23.9 Å². The quantitative estimate of drug-likeness (QED) is 0.205. The summed E-state index contributed by atoms with van der Waals surface area (Å²) in [5, 5.41) is 9.44. The number of cyclic esters (lactones) is 1. The first-order valence-electron chi connectivity index (χ1n) is 12.4. The first kappa shape index (κ1) is 25.5. The minimum atomic E-state index is -1.15. The molecule has 1 spiro atoms. The Bertz CT molecular complexity index is 1550. The summed E-state index contributed by atoms with van der Waals surface area (Å²) < 4.78 is 17.2. The maximum Gasteiger partial charge on any atom is 0.335 e. The molecule has 5 unspecified atom stereocenters. The summed E-state index contributed by atoms with van der Waals surface area (Å²) in [7, 11) is 0. The predicted molar refractivity (Wildman–Crippen MR) is 146 cm³/mol. The zero-order valence-electron chi connectivity index (χ0n) is 20.8. The first-order chi connectivity index (χ1) is 18.7. The molecule has 198 valence electrons. The van der Waals surface area contributed by atoms with Gasteiger partial charge in [0.15, 0.2) is 0 Å². The highest BCUT2D eigenvalue weighted by molar-refractivity contribution is 14.1. The minimum absolute atomic E-state index is 0.0205. The average Bonchev–Trinajstić information content (AvgIpc) is 3.39. The van der Waals surface area contributed by atoms with E-state index in [1.165, 1.54) is 12.1 Å². The second-order valence-electron chi connectivity index (χ2n) is 10.1. The predicted octanol–water partition coefficient (Wildman–Crippen LogP) is 4.46. The molecule has 0 radical (unpaired) electrons. The number of carboxylic acids is 1. The SMILES string of the molecule is C=C/C=C\C1=C(C)C2c3cccc4c3C14C(C(=O)OC1COC(=O)C1)C2C(=O)Oc1cc(C(=O)O)ccc1I. The van der Waals surface area contributed by atoms with Crippen molar-refractivity contribution in [3.63, 3.8) is 0 Å². The smallest absolute Gasteiger partial charge is 0.335 e. The molecular formula is C30H23IO8. The molecule has 8 nitrogen and oxygen atoms in total. The summed E-state index contributed by atoms with van der Waals surface area (Å²) in [5.41, 5.74) is 3.94. The number of hydrogen-bond acceptors (Lipinski definition) is 7. The molecule has 1 saturated heterocycles. The molecule has 1 N–H and O–H groups in total. The topological polar surface area (TPSA) is 116 Å². The van der Waals surface area contributed by atoms with Gasteiger partial charge in [0, 0.05) is 5.92 Å². The van der Waals surface area contributed by atoms with Gasteiger partial charge in [-0.15, -0.1) is 0 Å². The number of carboxylic acid groups (broad SMARTS) is 1. The Kier molecular flexibility index (Phi) is 6.01. The standard InChI is InChI=1S/C30H23IO8/c1-3-4-7-18-14(2)23-17-6-5-8-19-25(17)30(18,19)26(29(36)38-16-12-22(32)37-13-16)24(23)28(35)39-21-11-15(27(33)34)9-10-20(21)31/h3-11,16,23-24,26H,1,12-13H2,2H3,(H,33,34)/b7-4-. The molecule has 2 aromatic rings. The van der Waals surface area contributed by atoms with Crippen molar-refractivity contribution >= 4 is 46.5 Å². The summed E-state index contributed by atoms with van der Waals surface area (Å²) in [4.78, 5) is 51.2. The van der Waals surface area contributed by atoms with Gasteiger partial charge < -0.3 is 19.3 Å². The first-order valence-corrected chi connectivity index (χ1v) is 13.5. The molecule has 0 aromatic heterocycles. The minimum Gasteiger partial charge on any atom is -0.478 e. The number of esters is 3. The van der Waals surface area contributed by atoms with Crippen LogP contribution in [-0.2, 0) is 29.3 Å². The van der Waals surface area contributed by atoms with E-state index in [1.807, 2.05) is 59.9 Å². The third-order valence-corrected chi connectivity index (χ3v) is 9.00. The molecular weight excluding hydrogens is 615 g/mol. The molecule has 4 aliphatic carbocycles. The molecule has 39 heavy (non-hydrogen) atoms. The van der Waals surface area contributed by atoms with Gasteiger partial charge in [-0.3, -0.25) is 14.4 Å². The van der Waals surface area contributed by atoms with Crippen LogP contribution in [0.15, 0.2) is 72.4 Å². The third-order valence-electron chi connectivity index (χ3n) is 8.11. The third kappa shape index (κ3) is 3.70. The number of carbonyl (C=O) groups excluding carboxylic acids is 3. The van der Waals surface area contributed by atoms with Crippen LogP contribution < -0.4 is 4.74 Å². The number of ether oxygens (including phenoxy) is 3. The van der Waals surface area contributed by atoms with E-state index < -0.39 is 53.1 Å². The number of allylic oxidation sites excluding steroid dienone is 5. The molecule has 9 heteroatoms. The van der Waals surface area contributed by atoms with Crippen molar-refractivity contribution in [2.24, 2.45) is 11.8 Å². The molecule has 1 fully saturated rings. The lowest BCUT2D eigenvalue weighted by Crippen LogP contribution is -2.52. The molecule has 0 amide bonds. The number of benzene rings is 2. The summed E-state index contributed by atoms with van der Waals surface area (Å²) >= 11 is 1.97. The monoisotopic (exact) mass is 638 g/mol. The Morgan fingerprint density at radius 2 is 2.00 bits per heavy atom. The van der Waals surface area contributed by atoms with E-state index in [1.54, 1.807) is 12.1 Å². The Hall–Kier alpha value is -3.73. The van der Waals surface area contributed by atoms with Crippen LogP contribution in [0.4, 0.5) is 0 Å². The summed E-state index contributed by atoms with van der Waals surface area (Å²) in [6.07, 6.45) is 4.63. The number of carbonyl (C=O) groups is 4. The summed E-state index contributed by atoms with van der Waals surface area (Å²) in [5.74, 6) is -5.06. The number of aromatic carboxylic acids is 1. The normalized spacial score (nSPS) is 27.7. The lowest BCUT2D eigenvalue weighted by molar-refractivity contribution is -0.164. The van der Waals surface area contributed by atoms with Crippen molar-refractivity contribution < 1.29 is 38.5 Å². The maximum absolute atomic E-state index is 14.0. The molecule has 7 rings (SSSR count). The zero-order valence-corrected chi connectivity index (χ0v) is 23.0. The van der Waals surface area contributed by atoms with Crippen LogP contribution in [0.25, 0.3) is 0 Å². The Balaban J connectivity index is 1.46. The van der Waals surface area contributed by atoms with Crippen LogP contribution in [-0.4, -0.2) is 41.7 Å². The number of hydrogen-bond donors (Lipinski definition) is 1. The van der Waals surface area contributed by atoms with Crippen molar-refractivity contribution in [3.8, 4) is 5.75 Å². The largest absolute Gasteiger partial charge is 0.478 e. The van der Waals surface area contributed by atoms with Crippen LogP contribution >= 0.6 is 22.6 Å². The van der Waals surface area contributed by atoms with E-state index in [9.17, 15) is 24.3 Å². The highest BCUT2D eigenvalue weighted by Crippen LogP contribution is 2.74. The van der Waals surface area contributed by atoms with Crippen LogP contribution in [0.2, 0.25) is 0 Å². The fourth-order valence-electron chi connectivity index (χ4n) is 6.63. The summed E-state index contributed by atoms with van der Waals surface area (Å²) in [6.45, 7) is 5.71. The molecule has 2 aromatic carbocycles. The van der Waals surface area contributed by atoms with Gasteiger partial charge in [0.2, 0.25) is 0 Å². The van der Waals surface area contributed by atoms with Gasteiger partial charge in [0.05, 0.1) is 32.8 Å². The van der Waals surface area contributed by atoms with E-state index in [-0.39, 0.29) is 24.3 Å². The van der Waals surface area contributed by atoms with Gasteiger partial charge in [-0.25, -0.2) is 4.79 Å². The maximum atomic E-state index is 14.0. The summed E-state index contributed by atoms with van der Waals surface area (Å²) in [6, 6.07) is 10.2. The number of rotatable bonds is 7. The molecule has 5 atom stereocenters. The lowest BCUT2D eigenvalue weighted by Gasteiger charge is -2.47. The lowest BCUT2D eigenvalue weighted by atomic mass is 9.55. The second-order valence-corrected chi connectivity index (χ2v) is 11.2. The van der Waals surface area contributed by atoms with Crippen molar-refractivity contribution in [1.82, 2.24) is 0 Å². The fraction of sp³-hybridized carbons (Fsp3) is 0.267. The van der Waals surface area contributed by atoms with Gasteiger partial charge in [0.25, 0.3) is 0 Å². The Morgan fingerprint density at radius 1 is 1.21 bits per heavy atom. The Labute approximate surface area is 237 Å². The molecule has 1 heterocycles. The molecule has 2 bridgehead atoms. The average molecular weight is 638 g/mol. The van der Waals surface area contributed by atoms with E-state index in [0.717, 1.165) is 27.8 Å². The van der Waals surface area contributed by atoms with Gasteiger partial charge in [-0.1, -0.05) is 48.6 Å². The molecule has 5 aliphatic rings. The van der Waals surface area contributed by atoms with E-state index in [4.69, 9.17) is 14.2 Å². The van der Waals surface area contributed by atoms with E-state index >= 15 is 0 Å². The highest BCUT2D eigenvalue weighted by atomic mass is 127. The second kappa shape index (κ2) is 9.18. The van der Waals surface area contributed by atoms with Crippen molar-refractivity contribution in [2.45, 2.75) is 30.8 Å². The molecule has 0 saturated carbocycles. The number of halogens is 1. The Morgan fingerprint density at radius 3 is 2.69 bits per heavy atom. The highest BCUT2D eigenvalue weighted by Gasteiger charge is 2.73. The number of fused-ring (bicyclic) bond motifs is 1. The fourth-order valence-corrected chi connectivity index (χ4v) is 7.07. The van der Waals surface area contributed by atoms with Crippen molar-refractivity contribution in [2.75, 3.05) is 6.61 Å². The molecule has 1 aliphatic heterocycles. The van der Waals surface area contributed by atoms with Crippen molar-refractivity contribution in [3.05, 3.63) is 98.2 Å². The zero-order chi connectivity index (χ0) is 27.6. The van der Waals surface area contributed by atoms with E-state index in [2.05, 4.69) is 6.58 Å². The van der Waals surface area contributed by atoms with Gasteiger partial charge in [-0.05, 0) is 70.0 Å². The van der Waals surface area contributed by atoms with Crippen molar-refractivity contribution in [1.29, 1.82) is 0 Å². The van der Waals surface area contributed by atoms with Crippen LogP contribution in [0.3, 0.4) is 0 Å².